The number of benzene rings is 7. The zero-order chi connectivity index (χ0) is 34.3. The van der Waals surface area contributed by atoms with Crippen LogP contribution in [0.5, 0.6) is 0 Å². The van der Waals surface area contributed by atoms with Crippen LogP contribution in [0, 0.1) is 6.92 Å². The number of nitrogens with zero attached hydrogens (tertiary/aromatic N) is 4. The van der Waals surface area contributed by atoms with Crippen LogP contribution in [0.4, 0.5) is 0 Å². The summed E-state index contributed by atoms with van der Waals surface area (Å²) in [4.78, 5) is 15.2. The first-order chi connectivity index (χ1) is 25.7. The lowest BCUT2D eigenvalue weighted by molar-refractivity contribution is 0.669. The summed E-state index contributed by atoms with van der Waals surface area (Å²) in [6, 6.07) is 51.9. The topological polar surface area (TPSA) is 69.9 Å². The van der Waals surface area contributed by atoms with Crippen LogP contribution < -0.4 is 0 Å². The predicted molar refractivity (Wildman–Crippen MR) is 210 cm³/mol. The molecule has 4 heterocycles. The molecule has 0 atom stereocenters. The number of aryl methyl sites for hydroxylation is 1. The van der Waals surface area contributed by atoms with Crippen molar-refractivity contribution in [2.75, 3.05) is 0 Å². The zero-order valence-corrected chi connectivity index (χ0v) is 28.0. The highest BCUT2D eigenvalue weighted by Crippen LogP contribution is 2.45. The molecule has 244 valence electrons. The summed E-state index contributed by atoms with van der Waals surface area (Å²) in [6.45, 7) is 2.12. The van der Waals surface area contributed by atoms with Gasteiger partial charge in [-0.2, -0.15) is 0 Å². The van der Waals surface area contributed by atoms with E-state index >= 15 is 0 Å². The molecule has 0 saturated heterocycles. The molecule has 0 saturated carbocycles. The van der Waals surface area contributed by atoms with Crippen molar-refractivity contribution in [1.82, 2.24) is 19.5 Å². The molecule has 6 nitrogen and oxygen atoms in total. The van der Waals surface area contributed by atoms with Gasteiger partial charge < -0.3 is 13.4 Å². The van der Waals surface area contributed by atoms with Gasteiger partial charge >= 0.3 is 0 Å². The van der Waals surface area contributed by atoms with E-state index in [0.717, 1.165) is 93.6 Å². The minimum atomic E-state index is 0.562. The van der Waals surface area contributed by atoms with Crippen LogP contribution >= 0.6 is 0 Å². The Hall–Kier alpha value is -7.05. The third-order valence-corrected chi connectivity index (χ3v) is 10.2. The van der Waals surface area contributed by atoms with E-state index in [2.05, 4.69) is 78.2 Å². The largest absolute Gasteiger partial charge is 0.455 e. The first kappa shape index (κ1) is 28.8. The number of hydrogen-bond acceptors (Lipinski definition) is 5. The minimum Gasteiger partial charge on any atom is -0.455 e. The molecule has 52 heavy (non-hydrogen) atoms. The van der Waals surface area contributed by atoms with Gasteiger partial charge in [0.2, 0.25) is 0 Å². The number of hydrogen-bond donors (Lipinski definition) is 0. The number of aromatic nitrogens is 4. The van der Waals surface area contributed by atoms with Crippen molar-refractivity contribution in [3.63, 3.8) is 0 Å². The summed E-state index contributed by atoms with van der Waals surface area (Å²) in [5, 5.41) is 6.44. The molecule has 0 amide bonds. The van der Waals surface area contributed by atoms with E-state index in [1.165, 1.54) is 0 Å². The zero-order valence-electron chi connectivity index (χ0n) is 28.0. The third kappa shape index (κ3) is 4.15. The average Bonchev–Trinajstić information content (AvgIpc) is 3.88. The Morgan fingerprint density at radius 2 is 1.00 bits per heavy atom. The summed E-state index contributed by atoms with van der Waals surface area (Å²) in [5.74, 6) is 1.77. The lowest BCUT2D eigenvalue weighted by Crippen LogP contribution is -2.03. The molecule has 11 aromatic rings. The molecule has 0 N–H and O–H groups in total. The van der Waals surface area contributed by atoms with Crippen LogP contribution in [0.25, 0.3) is 106 Å². The van der Waals surface area contributed by atoms with Crippen LogP contribution in [0.15, 0.2) is 160 Å². The standard InChI is InChI=1S/C46H28N4O2/c1-27-26-36(50-34-21-11-8-19-32(34)40-35(50)25-24-31-30-18-9-12-22-37(30)51-42(31)40)41-33-20-10-13-23-38(33)52-43(41)39(27)46-48-44(28-14-4-2-5-15-28)47-45(49-46)29-16-6-3-7-17-29/h2-26H,1H3. The monoisotopic (exact) mass is 668 g/mol. The average molecular weight is 669 g/mol. The molecule has 0 spiro atoms. The van der Waals surface area contributed by atoms with Crippen molar-refractivity contribution in [1.29, 1.82) is 0 Å². The van der Waals surface area contributed by atoms with Crippen molar-refractivity contribution in [2.24, 2.45) is 0 Å². The Kier molecular flexibility index (Phi) is 6.07. The van der Waals surface area contributed by atoms with E-state index in [4.69, 9.17) is 23.8 Å². The predicted octanol–water partition coefficient (Wildman–Crippen LogP) is 12.1. The van der Waals surface area contributed by atoms with E-state index in [1.807, 2.05) is 84.9 Å². The van der Waals surface area contributed by atoms with Gasteiger partial charge in [0, 0.05) is 32.7 Å². The fourth-order valence-corrected chi connectivity index (χ4v) is 7.87. The molecular formula is C46H28N4O2. The van der Waals surface area contributed by atoms with Gasteiger partial charge in [-0.25, -0.2) is 15.0 Å². The van der Waals surface area contributed by atoms with Crippen LogP contribution in [-0.4, -0.2) is 19.5 Å². The normalized spacial score (nSPS) is 11.9. The van der Waals surface area contributed by atoms with Crippen LogP contribution in [0.3, 0.4) is 0 Å². The Morgan fingerprint density at radius 3 is 1.71 bits per heavy atom. The van der Waals surface area contributed by atoms with E-state index in [0.29, 0.717) is 17.5 Å². The highest BCUT2D eigenvalue weighted by Gasteiger charge is 2.26. The fourth-order valence-electron chi connectivity index (χ4n) is 7.87. The maximum Gasteiger partial charge on any atom is 0.168 e. The van der Waals surface area contributed by atoms with Crippen molar-refractivity contribution < 1.29 is 8.83 Å². The number of fused-ring (bicyclic) bond motifs is 10. The van der Waals surface area contributed by atoms with Gasteiger partial charge in [-0.1, -0.05) is 115 Å². The van der Waals surface area contributed by atoms with Gasteiger partial charge in [-0.15, -0.1) is 0 Å². The molecule has 0 bridgehead atoms. The van der Waals surface area contributed by atoms with Gasteiger partial charge in [0.05, 0.1) is 33.1 Å². The first-order valence-corrected chi connectivity index (χ1v) is 17.4. The Morgan fingerprint density at radius 1 is 0.442 bits per heavy atom. The summed E-state index contributed by atoms with van der Waals surface area (Å²) >= 11 is 0. The summed E-state index contributed by atoms with van der Waals surface area (Å²) in [6.07, 6.45) is 0. The van der Waals surface area contributed by atoms with Crippen LogP contribution in [0.1, 0.15) is 5.56 Å². The van der Waals surface area contributed by atoms with Crippen molar-refractivity contribution >= 4 is 65.7 Å². The number of para-hydroxylation sites is 3. The summed E-state index contributed by atoms with van der Waals surface area (Å²) in [7, 11) is 0. The molecular weight excluding hydrogens is 641 g/mol. The molecule has 0 radical (unpaired) electrons. The fraction of sp³-hybridized carbons (Fsp3) is 0.0217. The lowest BCUT2D eigenvalue weighted by atomic mass is 10.0. The van der Waals surface area contributed by atoms with Crippen LogP contribution in [0.2, 0.25) is 0 Å². The van der Waals surface area contributed by atoms with Crippen molar-refractivity contribution in [2.45, 2.75) is 6.92 Å². The SMILES string of the molecule is Cc1cc(-n2c3ccccc3c3c4oc5ccccc5c4ccc32)c2c(oc3ccccc32)c1-c1nc(-c2ccccc2)nc(-c2ccccc2)n1. The minimum absolute atomic E-state index is 0.562. The maximum atomic E-state index is 6.85. The second kappa shape index (κ2) is 11.0. The van der Waals surface area contributed by atoms with Crippen molar-refractivity contribution in [3.05, 3.63) is 157 Å². The highest BCUT2D eigenvalue weighted by molar-refractivity contribution is 6.25. The van der Waals surface area contributed by atoms with E-state index in [1.54, 1.807) is 0 Å². The number of furan rings is 2. The van der Waals surface area contributed by atoms with Gasteiger partial charge in [0.15, 0.2) is 17.5 Å². The van der Waals surface area contributed by atoms with E-state index in [-0.39, 0.29) is 0 Å². The number of rotatable bonds is 4. The molecule has 0 aliphatic carbocycles. The van der Waals surface area contributed by atoms with E-state index < -0.39 is 0 Å². The summed E-state index contributed by atoms with van der Waals surface area (Å²) in [5.41, 5.74) is 10.1. The Balaban J connectivity index is 1.25. The van der Waals surface area contributed by atoms with Gasteiger partial charge in [0.25, 0.3) is 0 Å². The van der Waals surface area contributed by atoms with E-state index in [9.17, 15) is 0 Å². The molecule has 0 unspecified atom stereocenters. The van der Waals surface area contributed by atoms with Crippen molar-refractivity contribution in [3.8, 4) is 39.9 Å². The maximum absolute atomic E-state index is 6.85. The van der Waals surface area contributed by atoms with Gasteiger partial charge in [-0.05, 0) is 48.9 Å². The first-order valence-electron chi connectivity index (χ1n) is 17.4. The molecule has 11 rings (SSSR count). The smallest absolute Gasteiger partial charge is 0.168 e. The van der Waals surface area contributed by atoms with Gasteiger partial charge in [-0.3, -0.25) is 0 Å². The van der Waals surface area contributed by atoms with Crippen LogP contribution in [-0.2, 0) is 0 Å². The highest BCUT2D eigenvalue weighted by atomic mass is 16.3. The van der Waals surface area contributed by atoms with Gasteiger partial charge in [0.1, 0.15) is 22.3 Å². The molecule has 0 aliphatic rings. The Labute approximate surface area is 297 Å². The Bertz CT molecular complexity index is 3130. The molecule has 7 aromatic carbocycles. The molecule has 0 fully saturated rings. The summed E-state index contributed by atoms with van der Waals surface area (Å²) < 4.78 is 15.8. The third-order valence-electron chi connectivity index (χ3n) is 10.2. The molecule has 0 aliphatic heterocycles. The second-order valence-electron chi connectivity index (χ2n) is 13.2. The molecule has 4 aromatic heterocycles. The molecule has 6 heteroatoms. The quantitative estimate of drug-likeness (QED) is 0.187. The second-order valence-corrected chi connectivity index (χ2v) is 13.2. The lowest BCUT2D eigenvalue weighted by Gasteiger charge is -2.15.